The van der Waals surface area contributed by atoms with Crippen LogP contribution in [0, 0.1) is 0 Å². The lowest BCUT2D eigenvalue weighted by Crippen LogP contribution is -2.26. The molecule has 0 saturated heterocycles. The first-order valence-corrected chi connectivity index (χ1v) is 5.02. The number of hydrogen-bond acceptors (Lipinski definition) is 3. The van der Waals surface area contributed by atoms with Gasteiger partial charge >= 0.3 is 0 Å². The molecular weight excluding hydrogens is 178 g/mol. The molecule has 2 rings (SSSR count). The molecule has 1 fully saturated rings. The van der Waals surface area contributed by atoms with Crippen molar-refractivity contribution in [3.8, 4) is 0 Å². The quantitative estimate of drug-likeness (QED) is 0.789. The van der Waals surface area contributed by atoms with E-state index in [1.54, 1.807) is 17.0 Å². The maximum Gasteiger partial charge on any atom is 0.293 e. The lowest BCUT2D eigenvalue weighted by Gasteiger charge is -2.10. The van der Waals surface area contributed by atoms with E-state index in [1.807, 2.05) is 13.8 Å². The summed E-state index contributed by atoms with van der Waals surface area (Å²) in [7, 11) is 0. The number of aromatic nitrogens is 2. The molecule has 1 saturated carbocycles. The highest BCUT2D eigenvalue weighted by Gasteiger charge is 2.22. The molecule has 0 spiro atoms. The zero-order valence-electron chi connectivity index (χ0n) is 8.53. The van der Waals surface area contributed by atoms with Crippen LogP contribution in [0.3, 0.4) is 0 Å². The normalized spacial score (nSPS) is 15.9. The van der Waals surface area contributed by atoms with Crippen LogP contribution in [0.25, 0.3) is 0 Å². The van der Waals surface area contributed by atoms with E-state index in [1.165, 1.54) is 0 Å². The molecule has 0 aromatic carbocycles. The fraction of sp³-hybridized carbons (Fsp3) is 0.600. The molecule has 1 aliphatic rings. The lowest BCUT2D eigenvalue weighted by molar-refractivity contribution is 0.575. The Morgan fingerprint density at radius 2 is 2.29 bits per heavy atom. The van der Waals surface area contributed by atoms with Crippen molar-refractivity contribution in [3.63, 3.8) is 0 Å². The van der Waals surface area contributed by atoms with Crippen LogP contribution in [0.1, 0.15) is 32.7 Å². The van der Waals surface area contributed by atoms with E-state index in [0.717, 1.165) is 12.8 Å². The van der Waals surface area contributed by atoms with Gasteiger partial charge in [-0.05, 0) is 26.7 Å². The van der Waals surface area contributed by atoms with Gasteiger partial charge in [-0.2, -0.15) is 0 Å². The monoisotopic (exact) mass is 193 g/mol. The van der Waals surface area contributed by atoms with Crippen molar-refractivity contribution >= 4 is 5.82 Å². The van der Waals surface area contributed by atoms with Gasteiger partial charge in [-0.1, -0.05) is 0 Å². The van der Waals surface area contributed by atoms with Gasteiger partial charge in [0.2, 0.25) is 0 Å². The molecule has 1 aromatic heterocycles. The van der Waals surface area contributed by atoms with E-state index >= 15 is 0 Å². The van der Waals surface area contributed by atoms with E-state index in [4.69, 9.17) is 0 Å². The molecule has 0 radical (unpaired) electrons. The average Bonchev–Trinajstić information content (AvgIpc) is 2.92. The number of hydrogen-bond donors (Lipinski definition) is 1. The summed E-state index contributed by atoms with van der Waals surface area (Å²) in [6.07, 6.45) is 5.70. The van der Waals surface area contributed by atoms with Gasteiger partial charge in [0.15, 0.2) is 5.82 Å². The second kappa shape index (κ2) is 3.44. The Morgan fingerprint density at radius 3 is 2.86 bits per heavy atom. The van der Waals surface area contributed by atoms with Gasteiger partial charge in [0.1, 0.15) is 0 Å². The van der Waals surface area contributed by atoms with Crippen molar-refractivity contribution in [2.24, 2.45) is 0 Å². The zero-order chi connectivity index (χ0) is 10.1. The summed E-state index contributed by atoms with van der Waals surface area (Å²) in [5, 5.41) is 3.13. The maximum atomic E-state index is 11.8. The largest absolute Gasteiger partial charge is 0.363 e. The van der Waals surface area contributed by atoms with E-state index < -0.39 is 0 Å². The molecule has 0 aliphatic heterocycles. The Morgan fingerprint density at radius 1 is 1.57 bits per heavy atom. The van der Waals surface area contributed by atoms with Gasteiger partial charge in [0, 0.05) is 24.5 Å². The number of nitrogens with zero attached hydrogens (tertiary/aromatic N) is 2. The molecule has 1 N–H and O–H groups in total. The molecule has 1 aromatic rings. The van der Waals surface area contributed by atoms with Gasteiger partial charge in [-0.3, -0.25) is 4.79 Å². The Labute approximate surface area is 83.0 Å². The zero-order valence-corrected chi connectivity index (χ0v) is 8.53. The van der Waals surface area contributed by atoms with Crippen molar-refractivity contribution < 1.29 is 0 Å². The SMILES string of the molecule is CC(C)n1ccnc(NC2CC2)c1=O. The van der Waals surface area contributed by atoms with E-state index in [9.17, 15) is 4.79 Å². The maximum absolute atomic E-state index is 11.8. The predicted molar refractivity (Wildman–Crippen MR) is 55.5 cm³/mol. The van der Waals surface area contributed by atoms with Crippen LogP contribution in [0.15, 0.2) is 17.2 Å². The molecule has 0 atom stereocenters. The van der Waals surface area contributed by atoms with E-state index in [2.05, 4.69) is 10.3 Å². The third kappa shape index (κ3) is 1.78. The van der Waals surface area contributed by atoms with Crippen LogP contribution < -0.4 is 10.9 Å². The first-order chi connectivity index (χ1) is 6.68. The minimum Gasteiger partial charge on any atom is -0.363 e. The summed E-state index contributed by atoms with van der Waals surface area (Å²) in [5.41, 5.74) is -0.0191. The van der Waals surface area contributed by atoms with E-state index in [0.29, 0.717) is 11.9 Å². The van der Waals surface area contributed by atoms with Crippen molar-refractivity contribution in [2.75, 3.05) is 5.32 Å². The van der Waals surface area contributed by atoms with Crippen molar-refractivity contribution in [2.45, 2.75) is 38.8 Å². The topological polar surface area (TPSA) is 46.9 Å². The van der Waals surface area contributed by atoms with E-state index in [-0.39, 0.29) is 11.6 Å². The van der Waals surface area contributed by atoms with Crippen LogP contribution in [0.4, 0.5) is 5.82 Å². The molecular formula is C10H15N3O. The van der Waals surface area contributed by atoms with Crippen LogP contribution in [-0.2, 0) is 0 Å². The summed E-state index contributed by atoms with van der Waals surface area (Å²) in [5.74, 6) is 0.490. The lowest BCUT2D eigenvalue weighted by atomic mass is 10.4. The molecule has 0 bridgehead atoms. The van der Waals surface area contributed by atoms with Gasteiger partial charge in [-0.15, -0.1) is 0 Å². The van der Waals surface area contributed by atoms with Crippen LogP contribution in [-0.4, -0.2) is 15.6 Å². The molecule has 14 heavy (non-hydrogen) atoms. The summed E-state index contributed by atoms with van der Waals surface area (Å²) < 4.78 is 1.69. The van der Waals surface area contributed by atoms with Gasteiger partial charge in [-0.25, -0.2) is 4.98 Å². The molecule has 1 aliphatic carbocycles. The summed E-state index contributed by atoms with van der Waals surface area (Å²) in [4.78, 5) is 15.9. The van der Waals surface area contributed by atoms with Gasteiger partial charge in [0.25, 0.3) is 5.56 Å². The highest BCUT2D eigenvalue weighted by molar-refractivity contribution is 5.34. The Bertz CT molecular complexity index is 379. The number of nitrogens with one attached hydrogen (secondary N) is 1. The minimum absolute atomic E-state index is 0.0191. The highest BCUT2D eigenvalue weighted by Crippen LogP contribution is 2.22. The average molecular weight is 193 g/mol. The highest BCUT2D eigenvalue weighted by atomic mass is 16.1. The standard InChI is InChI=1S/C10H15N3O/c1-7(2)13-6-5-11-9(10(13)14)12-8-3-4-8/h5-8H,3-4H2,1-2H3,(H,11,12). The van der Waals surface area contributed by atoms with Crippen molar-refractivity contribution in [3.05, 3.63) is 22.7 Å². The van der Waals surface area contributed by atoms with Crippen molar-refractivity contribution in [1.82, 2.24) is 9.55 Å². The molecule has 0 unspecified atom stereocenters. The fourth-order valence-corrected chi connectivity index (χ4v) is 1.35. The fourth-order valence-electron chi connectivity index (χ4n) is 1.35. The van der Waals surface area contributed by atoms with Crippen LogP contribution >= 0.6 is 0 Å². The molecule has 1 heterocycles. The third-order valence-corrected chi connectivity index (χ3v) is 2.34. The summed E-state index contributed by atoms with van der Waals surface area (Å²) in [6.45, 7) is 3.98. The summed E-state index contributed by atoms with van der Waals surface area (Å²) in [6, 6.07) is 0.656. The second-order valence-corrected chi connectivity index (χ2v) is 4.00. The molecule has 0 amide bonds. The van der Waals surface area contributed by atoms with Crippen LogP contribution in [0.2, 0.25) is 0 Å². The molecule has 4 heteroatoms. The Balaban J connectivity index is 2.30. The number of rotatable bonds is 3. The van der Waals surface area contributed by atoms with Crippen molar-refractivity contribution in [1.29, 1.82) is 0 Å². The van der Waals surface area contributed by atoms with Gasteiger partial charge in [0.05, 0.1) is 0 Å². The first kappa shape index (κ1) is 9.24. The Hall–Kier alpha value is -1.32. The first-order valence-electron chi connectivity index (χ1n) is 5.02. The number of anilines is 1. The summed E-state index contributed by atoms with van der Waals surface area (Å²) >= 11 is 0. The van der Waals surface area contributed by atoms with Gasteiger partial charge < -0.3 is 9.88 Å². The van der Waals surface area contributed by atoms with Crippen LogP contribution in [0.5, 0.6) is 0 Å². The molecule has 4 nitrogen and oxygen atoms in total. The Kier molecular flexibility index (Phi) is 2.27. The minimum atomic E-state index is -0.0191. The third-order valence-electron chi connectivity index (χ3n) is 2.34. The molecule has 76 valence electrons. The second-order valence-electron chi connectivity index (χ2n) is 4.00. The smallest absolute Gasteiger partial charge is 0.293 e. The predicted octanol–water partition coefficient (Wildman–Crippen LogP) is 1.40.